The van der Waals surface area contributed by atoms with Crippen molar-refractivity contribution < 1.29 is 19.5 Å². The molecule has 0 saturated heterocycles. The SMILES string of the molecule is CCC(C)C(NC(=O)CCCCCN)C(=O)NC(CCc1ccccc1)C(=O)CO. The molecule has 5 N–H and O–H groups in total. The minimum Gasteiger partial charge on any atom is -0.389 e. The van der Waals surface area contributed by atoms with E-state index in [4.69, 9.17) is 5.73 Å². The van der Waals surface area contributed by atoms with Gasteiger partial charge in [-0.2, -0.15) is 0 Å². The first-order valence-electron chi connectivity index (χ1n) is 10.9. The summed E-state index contributed by atoms with van der Waals surface area (Å²) in [5.41, 5.74) is 6.52. The Hall–Kier alpha value is -2.25. The van der Waals surface area contributed by atoms with Crippen LogP contribution in [-0.2, 0) is 20.8 Å². The van der Waals surface area contributed by atoms with E-state index in [0.29, 0.717) is 32.2 Å². The number of Topliss-reactive ketones (excluding diaryl/α,β-unsaturated/α-hetero) is 1. The number of aliphatic hydroxyl groups is 1. The van der Waals surface area contributed by atoms with Crippen molar-refractivity contribution in [1.82, 2.24) is 10.6 Å². The molecular weight excluding hydrogens is 382 g/mol. The lowest BCUT2D eigenvalue weighted by molar-refractivity contribution is -0.133. The molecule has 0 heterocycles. The van der Waals surface area contributed by atoms with Crippen LogP contribution in [0.2, 0.25) is 0 Å². The second-order valence-corrected chi connectivity index (χ2v) is 7.74. The van der Waals surface area contributed by atoms with Crippen molar-refractivity contribution >= 4 is 17.6 Å². The van der Waals surface area contributed by atoms with E-state index >= 15 is 0 Å². The monoisotopic (exact) mass is 419 g/mol. The molecular formula is C23H37N3O4. The highest BCUT2D eigenvalue weighted by Crippen LogP contribution is 2.11. The molecule has 0 aliphatic rings. The zero-order valence-electron chi connectivity index (χ0n) is 18.2. The van der Waals surface area contributed by atoms with Crippen molar-refractivity contribution in [3.63, 3.8) is 0 Å². The molecule has 0 aliphatic heterocycles. The first-order valence-corrected chi connectivity index (χ1v) is 10.9. The maximum Gasteiger partial charge on any atom is 0.243 e. The number of unbranched alkanes of at least 4 members (excludes halogenated alkanes) is 2. The van der Waals surface area contributed by atoms with Gasteiger partial charge in [-0.15, -0.1) is 0 Å². The van der Waals surface area contributed by atoms with Crippen molar-refractivity contribution in [3.8, 4) is 0 Å². The number of benzene rings is 1. The van der Waals surface area contributed by atoms with E-state index in [0.717, 1.165) is 24.8 Å². The molecule has 1 rings (SSSR count). The first-order chi connectivity index (χ1) is 14.4. The van der Waals surface area contributed by atoms with Crippen LogP contribution in [-0.4, -0.2) is 47.9 Å². The van der Waals surface area contributed by atoms with Crippen LogP contribution < -0.4 is 16.4 Å². The molecule has 30 heavy (non-hydrogen) atoms. The van der Waals surface area contributed by atoms with Gasteiger partial charge in [0, 0.05) is 6.42 Å². The summed E-state index contributed by atoms with van der Waals surface area (Å²) in [6.45, 7) is 3.81. The van der Waals surface area contributed by atoms with E-state index in [1.54, 1.807) is 0 Å². The molecule has 3 unspecified atom stereocenters. The van der Waals surface area contributed by atoms with E-state index in [9.17, 15) is 19.5 Å². The van der Waals surface area contributed by atoms with Crippen molar-refractivity contribution in [1.29, 1.82) is 0 Å². The van der Waals surface area contributed by atoms with Gasteiger partial charge in [-0.1, -0.05) is 57.0 Å². The van der Waals surface area contributed by atoms with Gasteiger partial charge in [-0.25, -0.2) is 0 Å². The van der Waals surface area contributed by atoms with Crippen LogP contribution in [0.3, 0.4) is 0 Å². The summed E-state index contributed by atoms with van der Waals surface area (Å²) in [6, 6.07) is 8.14. The van der Waals surface area contributed by atoms with Crippen molar-refractivity contribution in [2.24, 2.45) is 11.7 Å². The summed E-state index contributed by atoms with van der Waals surface area (Å²) in [4.78, 5) is 37.4. The molecule has 3 atom stereocenters. The Bertz CT molecular complexity index is 651. The fraction of sp³-hybridized carbons (Fsp3) is 0.609. The standard InChI is InChI=1S/C23H37N3O4/c1-3-17(2)22(26-21(29)12-8-5-9-15-24)23(30)25-19(20(28)16-27)14-13-18-10-6-4-7-11-18/h4,6-7,10-11,17,19,22,27H,3,5,8-9,12-16,24H2,1-2H3,(H,25,30)(H,26,29). The predicted molar refractivity (Wildman–Crippen MR) is 118 cm³/mol. The predicted octanol–water partition coefficient (Wildman–Crippen LogP) is 1.72. The van der Waals surface area contributed by atoms with Gasteiger partial charge in [0.2, 0.25) is 11.8 Å². The minimum absolute atomic E-state index is 0.0861. The van der Waals surface area contributed by atoms with Crippen molar-refractivity contribution in [3.05, 3.63) is 35.9 Å². The highest BCUT2D eigenvalue weighted by Gasteiger charge is 2.29. The number of hydrogen-bond donors (Lipinski definition) is 4. The number of rotatable bonds is 15. The highest BCUT2D eigenvalue weighted by atomic mass is 16.3. The van der Waals surface area contributed by atoms with E-state index in [1.807, 2.05) is 44.2 Å². The molecule has 1 aromatic carbocycles. The zero-order valence-corrected chi connectivity index (χ0v) is 18.2. The molecule has 0 fully saturated rings. The number of nitrogens with one attached hydrogen (secondary N) is 2. The summed E-state index contributed by atoms with van der Waals surface area (Å²) >= 11 is 0. The molecule has 168 valence electrons. The number of hydrogen-bond acceptors (Lipinski definition) is 5. The van der Waals surface area contributed by atoms with Crippen molar-refractivity contribution in [2.45, 2.75) is 70.9 Å². The molecule has 0 aliphatic carbocycles. The maximum atomic E-state index is 12.9. The molecule has 0 aromatic heterocycles. The lowest BCUT2D eigenvalue weighted by Crippen LogP contribution is -2.54. The van der Waals surface area contributed by atoms with Crippen LogP contribution in [0, 0.1) is 5.92 Å². The molecule has 7 nitrogen and oxygen atoms in total. The number of carbonyl (C=O) groups is 3. The number of ketones is 1. The molecule has 0 saturated carbocycles. The largest absolute Gasteiger partial charge is 0.389 e. The van der Waals surface area contributed by atoms with Crippen LogP contribution in [0.5, 0.6) is 0 Å². The Morgan fingerprint density at radius 1 is 1.07 bits per heavy atom. The Morgan fingerprint density at radius 3 is 2.37 bits per heavy atom. The third-order valence-corrected chi connectivity index (χ3v) is 5.35. The molecule has 7 heteroatoms. The van der Waals surface area contributed by atoms with Gasteiger partial charge in [0.05, 0.1) is 6.04 Å². The lowest BCUT2D eigenvalue weighted by Gasteiger charge is -2.26. The summed E-state index contributed by atoms with van der Waals surface area (Å²) in [5.74, 6) is -1.09. The summed E-state index contributed by atoms with van der Waals surface area (Å²) < 4.78 is 0. The van der Waals surface area contributed by atoms with Crippen LogP contribution in [0.25, 0.3) is 0 Å². The third kappa shape index (κ3) is 9.50. The smallest absolute Gasteiger partial charge is 0.243 e. The fourth-order valence-corrected chi connectivity index (χ4v) is 3.20. The van der Waals surface area contributed by atoms with Crippen LogP contribution in [0.4, 0.5) is 0 Å². The normalized spacial score (nSPS) is 13.9. The molecule has 0 bridgehead atoms. The van der Waals surface area contributed by atoms with E-state index in [-0.39, 0.29) is 17.7 Å². The number of nitrogens with two attached hydrogens (primary N) is 1. The Balaban J connectivity index is 2.73. The van der Waals surface area contributed by atoms with Crippen LogP contribution >= 0.6 is 0 Å². The van der Waals surface area contributed by atoms with Gasteiger partial charge in [0.1, 0.15) is 12.6 Å². The van der Waals surface area contributed by atoms with Gasteiger partial charge >= 0.3 is 0 Å². The van der Waals surface area contributed by atoms with Gasteiger partial charge in [0.15, 0.2) is 5.78 Å². The molecule has 0 spiro atoms. The Kier molecular flexibility index (Phi) is 12.6. The molecule has 2 amide bonds. The van der Waals surface area contributed by atoms with E-state index in [2.05, 4.69) is 10.6 Å². The van der Waals surface area contributed by atoms with E-state index < -0.39 is 24.5 Å². The topological polar surface area (TPSA) is 122 Å². The maximum absolute atomic E-state index is 12.9. The average molecular weight is 420 g/mol. The van der Waals surface area contributed by atoms with Gasteiger partial charge in [-0.3, -0.25) is 14.4 Å². The molecule has 1 aromatic rings. The summed E-state index contributed by atoms with van der Waals surface area (Å²) in [7, 11) is 0. The lowest BCUT2D eigenvalue weighted by atomic mass is 9.96. The molecule has 0 radical (unpaired) electrons. The van der Waals surface area contributed by atoms with Crippen LogP contribution in [0.1, 0.15) is 57.9 Å². The highest BCUT2D eigenvalue weighted by molar-refractivity contribution is 5.93. The summed E-state index contributed by atoms with van der Waals surface area (Å²) in [6.07, 6.45) is 4.49. The first kappa shape index (κ1) is 25.8. The minimum atomic E-state index is -0.796. The van der Waals surface area contributed by atoms with Crippen molar-refractivity contribution in [2.75, 3.05) is 13.2 Å². The van der Waals surface area contributed by atoms with Gasteiger partial charge in [-0.05, 0) is 43.7 Å². The number of aryl methyl sites for hydroxylation is 1. The Morgan fingerprint density at radius 2 is 1.77 bits per heavy atom. The van der Waals surface area contributed by atoms with Gasteiger partial charge in [0.25, 0.3) is 0 Å². The third-order valence-electron chi connectivity index (χ3n) is 5.35. The number of carbonyl (C=O) groups excluding carboxylic acids is 3. The fourth-order valence-electron chi connectivity index (χ4n) is 3.20. The Labute approximate surface area is 179 Å². The number of aliphatic hydroxyl groups excluding tert-OH is 1. The second-order valence-electron chi connectivity index (χ2n) is 7.74. The van der Waals surface area contributed by atoms with Crippen LogP contribution in [0.15, 0.2) is 30.3 Å². The zero-order chi connectivity index (χ0) is 22.4. The second kappa shape index (κ2) is 14.7. The number of amides is 2. The van der Waals surface area contributed by atoms with E-state index in [1.165, 1.54) is 0 Å². The average Bonchev–Trinajstić information content (AvgIpc) is 2.77. The summed E-state index contributed by atoms with van der Waals surface area (Å²) in [5, 5.41) is 14.9. The van der Waals surface area contributed by atoms with Gasteiger partial charge < -0.3 is 21.5 Å². The quantitative estimate of drug-likeness (QED) is 0.323.